The number of benzene rings is 2. The minimum atomic E-state index is -0.511. The van der Waals surface area contributed by atoms with Gasteiger partial charge in [-0.2, -0.15) is 5.10 Å². The average Bonchev–Trinajstić information content (AvgIpc) is 3.02. The molecule has 2 aromatic carbocycles. The van der Waals surface area contributed by atoms with E-state index >= 15 is 0 Å². The summed E-state index contributed by atoms with van der Waals surface area (Å²) in [4.78, 5) is 12.2. The Balaban J connectivity index is 2.10. The summed E-state index contributed by atoms with van der Waals surface area (Å²) < 4.78 is 19.7. The summed E-state index contributed by atoms with van der Waals surface area (Å²) in [6.07, 6.45) is 1.71. The van der Waals surface area contributed by atoms with E-state index in [0.29, 0.717) is 16.3 Å². The lowest BCUT2D eigenvalue weighted by atomic mass is 10.1. The summed E-state index contributed by atoms with van der Waals surface area (Å²) >= 11 is 5.92. The fourth-order valence-corrected chi connectivity index (χ4v) is 2.42. The molecule has 0 fully saturated rings. The lowest BCUT2D eigenvalue weighted by Crippen LogP contribution is -2.07. The van der Waals surface area contributed by atoms with Crippen molar-refractivity contribution in [2.75, 3.05) is 6.61 Å². The average molecular weight is 345 g/mol. The zero-order chi connectivity index (χ0) is 17.1. The fourth-order valence-electron chi connectivity index (χ4n) is 2.29. The molecule has 1 heterocycles. The van der Waals surface area contributed by atoms with E-state index in [2.05, 4.69) is 5.10 Å². The van der Waals surface area contributed by atoms with Gasteiger partial charge >= 0.3 is 5.97 Å². The molecule has 0 unspecified atom stereocenters. The second kappa shape index (κ2) is 6.84. The molecule has 122 valence electrons. The van der Waals surface area contributed by atoms with Crippen LogP contribution in [0.3, 0.4) is 0 Å². The first kappa shape index (κ1) is 16.2. The van der Waals surface area contributed by atoms with Gasteiger partial charge in [0.05, 0.1) is 12.3 Å². The van der Waals surface area contributed by atoms with Crippen molar-refractivity contribution < 1.29 is 13.9 Å². The van der Waals surface area contributed by atoms with Gasteiger partial charge in [-0.15, -0.1) is 0 Å². The molecule has 0 aliphatic heterocycles. The summed E-state index contributed by atoms with van der Waals surface area (Å²) in [5.74, 6) is -0.849. The Morgan fingerprint density at radius 3 is 2.46 bits per heavy atom. The quantitative estimate of drug-likeness (QED) is 0.654. The second-order valence-corrected chi connectivity index (χ2v) is 5.48. The van der Waals surface area contributed by atoms with Crippen molar-refractivity contribution in [3.63, 3.8) is 0 Å². The summed E-state index contributed by atoms with van der Waals surface area (Å²) in [5, 5.41) is 4.91. The van der Waals surface area contributed by atoms with Gasteiger partial charge in [0, 0.05) is 16.8 Å². The van der Waals surface area contributed by atoms with E-state index in [4.69, 9.17) is 16.3 Å². The van der Waals surface area contributed by atoms with Crippen LogP contribution in [0.1, 0.15) is 17.4 Å². The Morgan fingerprint density at radius 1 is 1.17 bits per heavy atom. The molecule has 6 heteroatoms. The molecule has 3 aromatic rings. The number of nitrogens with zero attached hydrogens (tertiary/aromatic N) is 2. The highest BCUT2D eigenvalue weighted by Crippen LogP contribution is 2.26. The van der Waals surface area contributed by atoms with Crippen molar-refractivity contribution in [2.24, 2.45) is 0 Å². The molecular formula is C18H14ClFN2O2. The molecule has 0 N–H and O–H groups in total. The van der Waals surface area contributed by atoms with Crippen molar-refractivity contribution in [1.29, 1.82) is 0 Å². The van der Waals surface area contributed by atoms with Crippen LogP contribution in [-0.2, 0) is 4.74 Å². The number of aromatic nitrogens is 2. The molecule has 0 atom stereocenters. The highest BCUT2D eigenvalue weighted by atomic mass is 35.5. The van der Waals surface area contributed by atoms with Crippen LogP contribution in [0.5, 0.6) is 0 Å². The van der Waals surface area contributed by atoms with Gasteiger partial charge in [-0.25, -0.2) is 13.9 Å². The number of halogens is 2. The van der Waals surface area contributed by atoms with Gasteiger partial charge in [0.2, 0.25) is 0 Å². The number of carbonyl (C=O) groups is 1. The number of hydrogen-bond acceptors (Lipinski definition) is 3. The highest BCUT2D eigenvalue weighted by molar-refractivity contribution is 6.30. The van der Waals surface area contributed by atoms with E-state index in [1.54, 1.807) is 49.5 Å². The van der Waals surface area contributed by atoms with E-state index in [0.717, 1.165) is 5.56 Å². The van der Waals surface area contributed by atoms with Crippen molar-refractivity contribution in [3.05, 3.63) is 71.3 Å². The molecule has 4 nitrogen and oxygen atoms in total. The van der Waals surface area contributed by atoms with Gasteiger partial charge in [0.1, 0.15) is 5.82 Å². The third kappa shape index (κ3) is 3.31. The molecule has 0 amide bonds. The van der Waals surface area contributed by atoms with Gasteiger partial charge in [-0.1, -0.05) is 23.7 Å². The van der Waals surface area contributed by atoms with Crippen LogP contribution in [0.4, 0.5) is 4.39 Å². The number of hydrogen-bond donors (Lipinski definition) is 0. The first-order valence-electron chi connectivity index (χ1n) is 7.37. The third-order valence-electron chi connectivity index (χ3n) is 3.43. The maximum atomic E-state index is 13.1. The van der Waals surface area contributed by atoms with Crippen molar-refractivity contribution in [2.45, 2.75) is 6.92 Å². The Kier molecular flexibility index (Phi) is 4.62. The Morgan fingerprint density at radius 2 is 1.83 bits per heavy atom. The number of rotatable bonds is 4. The molecule has 0 bridgehead atoms. The van der Waals surface area contributed by atoms with Crippen LogP contribution >= 0.6 is 11.6 Å². The van der Waals surface area contributed by atoms with Crippen LogP contribution in [0.15, 0.2) is 54.7 Å². The van der Waals surface area contributed by atoms with Gasteiger partial charge in [0.25, 0.3) is 0 Å². The smallest absolute Gasteiger partial charge is 0.359 e. The lowest BCUT2D eigenvalue weighted by Gasteiger charge is -2.02. The van der Waals surface area contributed by atoms with Gasteiger partial charge in [0.15, 0.2) is 5.69 Å². The van der Waals surface area contributed by atoms with Crippen LogP contribution in [0.2, 0.25) is 5.02 Å². The largest absolute Gasteiger partial charge is 0.461 e. The number of carbonyl (C=O) groups excluding carboxylic acids is 1. The predicted molar refractivity (Wildman–Crippen MR) is 89.9 cm³/mol. The van der Waals surface area contributed by atoms with E-state index in [-0.39, 0.29) is 18.1 Å². The summed E-state index contributed by atoms with van der Waals surface area (Å²) in [6, 6.07) is 12.9. The van der Waals surface area contributed by atoms with Gasteiger partial charge < -0.3 is 4.74 Å². The third-order valence-corrected chi connectivity index (χ3v) is 3.68. The van der Waals surface area contributed by atoms with Crippen LogP contribution in [0.25, 0.3) is 16.8 Å². The monoisotopic (exact) mass is 344 g/mol. The van der Waals surface area contributed by atoms with Crippen LogP contribution < -0.4 is 0 Å². The minimum absolute atomic E-state index is 0.198. The lowest BCUT2D eigenvalue weighted by molar-refractivity contribution is 0.0520. The maximum Gasteiger partial charge on any atom is 0.359 e. The first-order chi connectivity index (χ1) is 11.6. The fraction of sp³-hybridized carbons (Fsp3) is 0.111. The van der Waals surface area contributed by atoms with E-state index in [1.807, 2.05) is 0 Å². The Labute approximate surface area is 143 Å². The highest BCUT2D eigenvalue weighted by Gasteiger charge is 2.20. The molecule has 0 aliphatic rings. The Bertz CT molecular complexity index is 858. The van der Waals surface area contributed by atoms with Crippen LogP contribution in [0, 0.1) is 5.82 Å². The zero-order valence-electron chi connectivity index (χ0n) is 12.9. The molecule has 3 rings (SSSR count). The van der Waals surface area contributed by atoms with Gasteiger partial charge in [-0.05, 0) is 48.9 Å². The molecule has 0 radical (unpaired) electrons. The van der Waals surface area contributed by atoms with E-state index in [9.17, 15) is 9.18 Å². The molecule has 1 aromatic heterocycles. The van der Waals surface area contributed by atoms with E-state index in [1.165, 1.54) is 16.8 Å². The zero-order valence-corrected chi connectivity index (χ0v) is 13.6. The summed E-state index contributed by atoms with van der Waals surface area (Å²) in [5.41, 5.74) is 2.25. The van der Waals surface area contributed by atoms with Crippen molar-refractivity contribution in [1.82, 2.24) is 9.78 Å². The SMILES string of the molecule is CCOC(=O)c1nn(-c2ccc(F)cc2)cc1-c1ccc(Cl)cc1. The van der Waals surface area contributed by atoms with Crippen molar-refractivity contribution >= 4 is 17.6 Å². The summed E-state index contributed by atoms with van der Waals surface area (Å²) in [7, 11) is 0. The van der Waals surface area contributed by atoms with E-state index < -0.39 is 5.97 Å². The molecule has 0 saturated carbocycles. The molecule has 24 heavy (non-hydrogen) atoms. The molecule has 0 saturated heterocycles. The molecule has 0 spiro atoms. The van der Waals surface area contributed by atoms with Gasteiger partial charge in [-0.3, -0.25) is 0 Å². The normalized spacial score (nSPS) is 10.6. The minimum Gasteiger partial charge on any atom is -0.461 e. The maximum absolute atomic E-state index is 13.1. The van der Waals surface area contributed by atoms with Crippen molar-refractivity contribution in [3.8, 4) is 16.8 Å². The molecular weight excluding hydrogens is 331 g/mol. The summed E-state index contributed by atoms with van der Waals surface area (Å²) in [6.45, 7) is 1.99. The standard InChI is InChI=1S/C18H14ClFN2O2/c1-2-24-18(23)17-16(12-3-5-13(19)6-4-12)11-22(21-17)15-9-7-14(20)8-10-15/h3-11H,2H2,1H3. The number of esters is 1. The predicted octanol–water partition coefficient (Wildman–Crippen LogP) is 4.51. The second-order valence-electron chi connectivity index (χ2n) is 5.04. The van der Waals surface area contributed by atoms with Crippen LogP contribution in [-0.4, -0.2) is 22.4 Å². The molecule has 0 aliphatic carbocycles. The number of ether oxygens (including phenoxy) is 1. The first-order valence-corrected chi connectivity index (χ1v) is 7.75. The Hall–Kier alpha value is -2.66. The topological polar surface area (TPSA) is 44.1 Å².